The predicted octanol–water partition coefficient (Wildman–Crippen LogP) is 7.55. The summed E-state index contributed by atoms with van der Waals surface area (Å²) in [6.07, 6.45) is -1.04. The third-order valence-corrected chi connectivity index (χ3v) is 8.79. The fraction of sp³-hybridized carbons (Fsp3) is 0.152. The van der Waals surface area contributed by atoms with Crippen LogP contribution in [0, 0.1) is 0 Å². The molecule has 7 rings (SSSR count). The van der Waals surface area contributed by atoms with E-state index < -0.39 is 20.0 Å². The van der Waals surface area contributed by atoms with Crippen molar-refractivity contribution in [2.45, 2.75) is 31.5 Å². The summed E-state index contributed by atoms with van der Waals surface area (Å²) in [5.74, 6) is 0. The van der Waals surface area contributed by atoms with Gasteiger partial charge in [-0.2, -0.15) is 0 Å². The van der Waals surface area contributed by atoms with Gasteiger partial charge in [0.05, 0.1) is 8.07 Å². The molecule has 0 aromatic heterocycles. The molecule has 1 unspecified atom stereocenters. The quantitative estimate of drug-likeness (QED) is 0.249. The van der Waals surface area contributed by atoms with E-state index in [1.165, 1.54) is 22.3 Å². The Morgan fingerprint density at radius 2 is 1.06 bits per heavy atom. The number of fused-ring (bicyclic) bond motifs is 8. The molecule has 4 aromatic carbocycles. The highest BCUT2D eigenvalue weighted by Gasteiger charge is 2.56. The van der Waals surface area contributed by atoms with Gasteiger partial charge in [-0.15, -0.1) is 0 Å². The van der Waals surface area contributed by atoms with Gasteiger partial charge in [0.2, 0.25) is 0 Å². The van der Waals surface area contributed by atoms with Crippen LogP contribution in [0.2, 0.25) is 19.6 Å². The van der Waals surface area contributed by atoms with Gasteiger partial charge in [0.25, 0.3) is 0 Å². The van der Waals surface area contributed by atoms with E-state index in [2.05, 4.69) is 122 Å². The molecule has 1 atom stereocenters. The van der Waals surface area contributed by atoms with Crippen molar-refractivity contribution in [3.05, 3.63) is 136 Å². The summed E-state index contributed by atoms with van der Waals surface area (Å²) in [7, 11) is -1.75. The van der Waals surface area contributed by atoms with Crippen molar-refractivity contribution in [2.75, 3.05) is 0 Å². The van der Waals surface area contributed by atoms with Crippen LogP contribution < -0.4 is 0 Å². The van der Waals surface area contributed by atoms with Crippen LogP contribution in [-0.4, -0.2) is 19.5 Å². The second-order valence-electron chi connectivity index (χ2n) is 11.0. The minimum Gasteiger partial charge on any atom is -0.364 e. The summed E-state index contributed by atoms with van der Waals surface area (Å²) in [6, 6.07) is 34.1. The number of rotatable bonds is 1. The summed E-state index contributed by atoms with van der Waals surface area (Å²) in [5.41, 5.74) is 14.1. The van der Waals surface area contributed by atoms with E-state index in [1.807, 2.05) is 0 Å². The van der Waals surface area contributed by atoms with Crippen LogP contribution in [-0.2, 0) is 10.3 Å². The first kappa shape index (κ1) is 21.8. The molecule has 1 aliphatic heterocycles. The highest BCUT2D eigenvalue weighted by atomic mass is 28.3. The zero-order chi connectivity index (χ0) is 24.7. The van der Waals surface area contributed by atoms with Crippen LogP contribution in [0.15, 0.2) is 114 Å². The summed E-state index contributed by atoms with van der Waals surface area (Å²) in [6.45, 7) is 7.05. The first-order valence-electron chi connectivity index (χ1n) is 12.6. The Labute approximate surface area is 213 Å². The van der Waals surface area contributed by atoms with Gasteiger partial charge in [0.15, 0.2) is 6.29 Å². The van der Waals surface area contributed by atoms with E-state index in [1.54, 1.807) is 0 Å². The molecule has 0 radical (unpaired) electrons. The fourth-order valence-corrected chi connectivity index (χ4v) is 7.63. The van der Waals surface area contributed by atoms with Crippen molar-refractivity contribution in [3.8, 4) is 22.3 Å². The number of aliphatic hydroxyl groups excluding tert-OH is 1. The summed E-state index contributed by atoms with van der Waals surface area (Å²) >= 11 is 0. The minimum atomic E-state index is -1.75. The van der Waals surface area contributed by atoms with E-state index in [9.17, 15) is 5.11 Å². The summed E-state index contributed by atoms with van der Waals surface area (Å²) in [4.78, 5) is 0. The van der Waals surface area contributed by atoms with Crippen LogP contribution in [0.5, 0.6) is 0 Å². The van der Waals surface area contributed by atoms with Gasteiger partial charge in [-0.05, 0) is 44.5 Å². The zero-order valence-corrected chi connectivity index (χ0v) is 21.7. The summed E-state index contributed by atoms with van der Waals surface area (Å²) in [5, 5.41) is 11.8. The van der Waals surface area contributed by atoms with E-state index in [0.29, 0.717) is 0 Å². The van der Waals surface area contributed by atoms with E-state index in [4.69, 9.17) is 4.74 Å². The van der Waals surface area contributed by atoms with Gasteiger partial charge in [-0.25, -0.2) is 0 Å². The van der Waals surface area contributed by atoms with E-state index in [0.717, 1.165) is 39.0 Å². The van der Waals surface area contributed by atoms with Gasteiger partial charge in [-0.3, -0.25) is 0 Å². The van der Waals surface area contributed by atoms with Crippen molar-refractivity contribution in [1.82, 2.24) is 0 Å². The Morgan fingerprint density at radius 1 is 0.639 bits per heavy atom. The molecule has 1 N–H and O–H groups in total. The van der Waals surface area contributed by atoms with Crippen LogP contribution in [0.1, 0.15) is 22.3 Å². The normalized spacial score (nSPS) is 20.0. The lowest BCUT2D eigenvalue weighted by Gasteiger charge is -2.29. The molecule has 3 aliphatic rings. The van der Waals surface area contributed by atoms with Crippen LogP contribution in [0.25, 0.3) is 27.8 Å². The van der Waals surface area contributed by atoms with Gasteiger partial charge in [-0.1, -0.05) is 122 Å². The van der Waals surface area contributed by atoms with Gasteiger partial charge >= 0.3 is 0 Å². The number of aliphatic hydroxyl groups is 1. The second-order valence-corrected chi connectivity index (χ2v) is 16.1. The summed E-state index contributed by atoms with van der Waals surface area (Å²) < 4.78 is 6.83. The second kappa shape index (κ2) is 7.50. The lowest BCUT2D eigenvalue weighted by atomic mass is 9.81. The zero-order valence-electron chi connectivity index (χ0n) is 20.7. The average molecular weight is 485 g/mol. The highest BCUT2D eigenvalue weighted by molar-refractivity contribution is 6.81. The number of benzene rings is 4. The Hall–Kier alpha value is -3.50. The third-order valence-electron chi connectivity index (χ3n) is 7.64. The fourth-order valence-electron chi connectivity index (χ4n) is 6.40. The molecule has 1 fully saturated rings. The molecule has 1 saturated heterocycles. The Balaban J connectivity index is 1.62. The Kier molecular flexibility index (Phi) is 4.53. The standard InChI is InChI=1S/C33H28O2Si/c1-36(2,3)20-29-31(30-25-16-6-4-12-21(25)22-13-5-7-17-26(22)30)32(34)35-33(29)27-18-10-8-14-23(27)24-15-9-11-19-28(24)33/h4-20,32,34H,1-3H3/b29-20+. The molecule has 1 heterocycles. The van der Waals surface area contributed by atoms with Crippen LogP contribution in [0.4, 0.5) is 0 Å². The average Bonchev–Trinajstić information content (AvgIpc) is 3.45. The topological polar surface area (TPSA) is 29.5 Å². The molecule has 3 heteroatoms. The van der Waals surface area contributed by atoms with Crippen LogP contribution >= 0.6 is 0 Å². The van der Waals surface area contributed by atoms with Crippen molar-refractivity contribution >= 4 is 13.6 Å². The Bertz CT molecular complexity index is 1530. The third kappa shape index (κ3) is 2.85. The molecule has 4 aromatic rings. The molecule has 2 nitrogen and oxygen atoms in total. The van der Waals surface area contributed by atoms with Crippen molar-refractivity contribution in [2.24, 2.45) is 0 Å². The maximum Gasteiger partial charge on any atom is 0.184 e. The van der Waals surface area contributed by atoms with Crippen molar-refractivity contribution in [3.63, 3.8) is 0 Å². The van der Waals surface area contributed by atoms with Gasteiger partial charge in [0, 0.05) is 16.7 Å². The maximum atomic E-state index is 11.8. The SMILES string of the molecule is C[Si](C)(C)/C=C1\C(=C2c3ccccc3-c3ccccc32)C(O)OC12c1ccccc1-c1ccccc12. The maximum absolute atomic E-state index is 11.8. The number of hydrogen-bond acceptors (Lipinski definition) is 2. The molecule has 0 bridgehead atoms. The number of hydrogen-bond donors (Lipinski definition) is 1. The van der Waals surface area contributed by atoms with Gasteiger partial charge in [0.1, 0.15) is 5.60 Å². The lowest BCUT2D eigenvalue weighted by molar-refractivity contribution is -0.106. The Morgan fingerprint density at radius 3 is 1.53 bits per heavy atom. The first-order chi connectivity index (χ1) is 17.4. The highest BCUT2D eigenvalue weighted by Crippen LogP contribution is 2.61. The smallest absolute Gasteiger partial charge is 0.184 e. The molecule has 1 spiro atoms. The molecule has 36 heavy (non-hydrogen) atoms. The first-order valence-corrected chi connectivity index (χ1v) is 16.2. The van der Waals surface area contributed by atoms with E-state index >= 15 is 0 Å². The minimum absolute atomic E-state index is 0.832. The van der Waals surface area contributed by atoms with Gasteiger partial charge < -0.3 is 9.84 Å². The van der Waals surface area contributed by atoms with Crippen molar-refractivity contribution in [1.29, 1.82) is 0 Å². The van der Waals surface area contributed by atoms with E-state index in [-0.39, 0.29) is 0 Å². The molecule has 176 valence electrons. The molecular weight excluding hydrogens is 456 g/mol. The lowest BCUT2D eigenvalue weighted by Crippen LogP contribution is -2.29. The van der Waals surface area contributed by atoms with Crippen LogP contribution in [0.3, 0.4) is 0 Å². The predicted molar refractivity (Wildman–Crippen MR) is 149 cm³/mol. The van der Waals surface area contributed by atoms with Crippen molar-refractivity contribution < 1.29 is 9.84 Å². The number of ether oxygens (including phenoxy) is 1. The monoisotopic (exact) mass is 484 g/mol. The molecule has 2 aliphatic carbocycles. The largest absolute Gasteiger partial charge is 0.364 e. The molecule has 0 amide bonds. The molecule has 0 saturated carbocycles. The molecular formula is C33H28O2Si.